The molecule has 7 nitrogen and oxygen atoms in total. The SMILES string of the molecule is COc1ccc(NC(=O)COc2ccc(Cl)cc2/C=N/NC(=O)c2ccc(Br)cc2)cc1. The molecule has 0 unspecified atom stereocenters. The van der Waals surface area contributed by atoms with E-state index in [9.17, 15) is 9.59 Å². The number of hydrazone groups is 1. The molecule has 0 atom stereocenters. The van der Waals surface area contributed by atoms with Crippen LogP contribution >= 0.6 is 27.5 Å². The molecule has 0 aliphatic rings. The number of nitrogens with zero attached hydrogens (tertiary/aromatic N) is 1. The molecule has 0 fully saturated rings. The lowest BCUT2D eigenvalue weighted by atomic mass is 10.2. The van der Waals surface area contributed by atoms with E-state index in [1.165, 1.54) is 6.21 Å². The number of carbonyl (C=O) groups excluding carboxylic acids is 2. The number of halogens is 2. The third-order valence-corrected chi connectivity index (χ3v) is 4.94. The summed E-state index contributed by atoms with van der Waals surface area (Å²) in [6.45, 7) is -0.222. The Labute approximate surface area is 198 Å². The molecule has 3 rings (SSSR count). The van der Waals surface area contributed by atoms with Gasteiger partial charge in [-0.25, -0.2) is 5.43 Å². The van der Waals surface area contributed by atoms with Crippen LogP contribution in [0, 0.1) is 0 Å². The van der Waals surface area contributed by atoms with E-state index in [2.05, 4.69) is 31.8 Å². The monoisotopic (exact) mass is 515 g/mol. The normalized spacial score (nSPS) is 10.6. The van der Waals surface area contributed by atoms with Crippen molar-refractivity contribution in [2.75, 3.05) is 19.0 Å². The van der Waals surface area contributed by atoms with Crippen molar-refractivity contribution in [3.8, 4) is 11.5 Å². The van der Waals surface area contributed by atoms with Gasteiger partial charge < -0.3 is 14.8 Å². The van der Waals surface area contributed by atoms with Crippen LogP contribution < -0.4 is 20.2 Å². The zero-order chi connectivity index (χ0) is 22.9. The molecule has 2 amide bonds. The topological polar surface area (TPSA) is 89.0 Å². The maximum atomic E-state index is 12.2. The van der Waals surface area contributed by atoms with E-state index in [-0.39, 0.29) is 18.4 Å². The summed E-state index contributed by atoms with van der Waals surface area (Å²) in [5.41, 5.74) is 4.03. The zero-order valence-electron chi connectivity index (χ0n) is 17.0. The lowest BCUT2D eigenvalue weighted by molar-refractivity contribution is -0.118. The molecule has 0 aromatic heterocycles. The highest BCUT2D eigenvalue weighted by molar-refractivity contribution is 9.10. The van der Waals surface area contributed by atoms with Crippen molar-refractivity contribution in [1.82, 2.24) is 5.43 Å². The number of hydrogen-bond acceptors (Lipinski definition) is 5. The Hall–Kier alpha value is -3.36. The first kappa shape index (κ1) is 23.3. The number of ether oxygens (including phenoxy) is 2. The molecule has 164 valence electrons. The quantitative estimate of drug-likeness (QED) is 0.329. The number of methoxy groups -OCH3 is 1. The van der Waals surface area contributed by atoms with Gasteiger partial charge in [-0.05, 0) is 66.7 Å². The van der Waals surface area contributed by atoms with Crippen LogP contribution in [-0.4, -0.2) is 31.7 Å². The molecule has 0 aliphatic carbocycles. The minimum absolute atomic E-state index is 0.222. The Morgan fingerprint density at radius 3 is 2.47 bits per heavy atom. The predicted octanol–water partition coefficient (Wildman–Crippen LogP) is 4.89. The second-order valence-corrected chi connectivity index (χ2v) is 7.81. The van der Waals surface area contributed by atoms with Gasteiger partial charge in [-0.1, -0.05) is 27.5 Å². The van der Waals surface area contributed by atoms with Gasteiger partial charge in [0.25, 0.3) is 11.8 Å². The molecule has 32 heavy (non-hydrogen) atoms. The van der Waals surface area contributed by atoms with E-state index in [0.29, 0.717) is 33.3 Å². The molecule has 3 aromatic carbocycles. The molecule has 2 N–H and O–H groups in total. The summed E-state index contributed by atoms with van der Waals surface area (Å²) in [5, 5.41) is 7.16. The number of hydrogen-bond donors (Lipinski definition) is 2. The number of anilines is 1. The second kappa shape index (κ2) is 11.3. The van der Waals surface area contributed by atoms with Crippen LogP contribution in [0.15, 0.2) is 76.3 Å². The van der Waals surface area contributed by atoms with Gasteiger partial charge in [-0.15, -0.1) is 0 Å². The molecular formula is C23H19BrClN3O4. The number of benzene rings is 3. The number of amides is 2. The summed E-state index contributed by atoms with van der Waals surface area (Å²) < 4.78 is 11.6. The first-order valence-electron chi connectivity index (χ1n) is 9.40. The average molecular weight is 517 g/mol. The molecule has 0 saturated heterocycles. The maximum absolute atomic E-state index is 12.2. The fourth-order valence-electron chi connectivity index (χ4n) is 2.59. The van der Waals surface area contributed by atoms with Crippen LogP contribution in [0.5, 0.6) is 11.5 Å². The van der Waals surface area contributed by atoms with Gasteiger partial charge in [0.1, 0.15) is 11.5 Å². The van der Waals surface area contributed by atoms with Crippen LogP contribution in [0.2, 0.25) is 5.02 Å². The molecule has 0 heterocycles. The van der Waals surface area contributed by atoms with Gasteiger partial charge in [0, 0.05) is 26.3 Å². The number of carbonyl (C=O) groups is 2. The fourth-order valence-corrected chi connectivity index (χ4v) is 3.04. The molecule has 0 aliphatic heterocycles. The lowest BCUT2D eigenvalue weighted by Gasteiger charge is -2.10. The van der Waals surface area contributed by atoms with Crippen molar-refractivity contribution in [3.63, 3.8) is 0 Å². The van der Waals surface area contributed by atoms with E-state index < -0.39 is 0 Å². The Morgan fingerprint density at radius 1 is 1.06 bits per heavy atom. The Bertz CT molecular complexity index is 1120. The van der Waals surface area contributed by atoms with Gasteiger partial charge in [0.05, 0.1) is 13.3 Å². The van der Waals surface area contributed by atoms with Crippen molar-refractivity contribution in [2.24, 2.45) is 5.10 Å². The van der Waals surface area contributed by atoms with Crippen LogP contribution in [0.25, 0.3) is 0 Å². The van der Waals surface area contributed by atoms with Crippen molar-refractivity contribution < 1.29 is 19.1 Å². The first-order valence-corrected chi connectivity index (χ1v) is 10.6. The molecule has 9 heteroatoms. The van der Waals surface area contributed by atoms with Gasteiger partial charge in [-0.3, -0.25) is 9.59 Å². The van der Waals surface area contributed by atoms with E-state index in [0.717, 1.165) is 4.47 Å². The zero-order valence-corrected chi connectivity index (χ0v) is 19.3. The van der Waals surface area contributed by atoms with Crippen LogP contribution in [-0.2, 0) is 4.79 Å². The maximum Gasteiger partial charge on any atom is 0.271 e. The Balaban J connectivity index is 1.60. The van der Waals surface area contributed by atoms with E-state index >= 15 is 0 Å². The van der Waals surface area contributed by atoms with Crippen molar-refractivity contribution in [3.05, 3.63) is 87.4 Å². The van der Waals surface area contributed by atoms with E-state index in [1.807, 2.05) is 0 Å². The van der Waals surface area contributed by atoms with Gasteiger partial charge in [-0.2, -0.15) is 5.10 Å². The van der Waals surface area contributed by atoms with Crippen LogP contribution in [0.3, 0.4) is 0 Å². The first-order chi connectivity index (χ1) is 15.4. The van der Waals surface area contributed by atoms with Crippen molar-refractivity contribution in [1.29, 1.82) is 0 Å². The highest BCUT2D eigenvalue weighted by atomic mass is 79.9. The van der Waals surface area contributed by atoms with E-state index in [4.69, 9.17) is 21.1 Å². The summed E-state index contributed by atoms with van der Waals surface area (Å²) >= 11 is 9.39. The summed E-state index contributed by atoms with van der Waals surface area (Å²) in [6.07, 6.45) is 1.40. The van der Waals surface area contributed by atoms with Gasteiger partial charge in [0.15, 0.2) is 6.61 Å². The molecular weight excluding hydrogens is 498 g/mol. The lowest BCUT2D eigenvalue weighted by Crippen LogP contribution is -2.20. The van der Waals surface area contributed by atoms with Gasteiger partial charge >= 0.3 is 0 Å². The molecule has 0 saturated carbocycles. The summed E-state index contributed by atoms with van der Waals surface area (Å²) in [5.74, 6) is 0.381. The Morgan fingerprint density at radius 2 is 1.78 bits per heavy atom. The summed E-state index contributed by atoms with van der Waals surface area (Å²) in [6, 6.07) is 18.7. The standard InChI is InChI=1S/C23H19BrClN3O4/c1-31-20-9-7-19(8-10-20)27-22(29)14-32-21-11-6-18(25)12-16(21)13-26-28-23(30)15-2-4-17(24)5-3-15/h2-13H,14H2,1H3,(H,27,29)(H,28,30)/b26-13+. The van der Waals surface area contributed by atoms with Crippen LogP contribution in [0.1, 0.15) is 15.9 Å². The number of rotatable bonds is 8. The van der Waals surface area contributed by atoms with E-state index in [1.54, 1.807) is 73.8 Å². The molecule has 0 radical (unpaired) electrons. The highest BCUT2D eigenvalue weighted by Gasteiger charge is 2.09. The fraction of sp³-hybridized carbons (Fsp3) is 0.0870. The van der Waals surface area contributed by atoms with Gasteiger partial charge in [0.2, 0.25) is 0 Å². The highest BCUT2D eigenvalue weighted by Crippen LogP contribution is 2.22. The third-order valence-electron chi connectivity index (χ3n) is 4.18. The summed E-state index contributed by atoms with van der Waals surface area (Å²) in [4.78, 5) is 24.4. The van der Waals surface area contributed by atoms with Crippen molar-refractivity contribution in [2.45, 2.75) is 0 Å². The molecule has 3 aromatic rings. The smallest absolute Gasteiger partial charge is 0.271 e. The van der Waals surface area contributed by atoms with Crippen LogP contribution in [0.4, 0.5) is 5.69 Å². The predicted molar refractivity (Wildman–Crippen MR) is 128 cm³/mol. The third kappa shape index (κ3) is 6.83. The molecule has 0 spiro atoms. The minimum Gasteiger partial charge on any atom is -0.497 e. The largest absolute Gasteiger partial charge is 0.497 e. The second-order valence-electron chi connectivity index (χ2n) is 6.45. The summed E-state index contributed by atoms with van der Waals surface area (Å²) in [7, 11) is 1.57. The average Bonchev–Trinajstić information content (AvgIpc) is 2.79. The number of nitrogens with one attached hydrogen (secondary N) is 2. The molecule has 0 bridgehead atoms. The minimum atomic E-state index is -0.364. The van der Waals surface area contributed by atoms with Crippen molar-refractivity contribution >= 4 is 51.2 Å². The Kier molecular flexibility index (Phi) is 8.24.